The van der Waals surface area contributed by atoms with E-state index in [-0.39, 0.29) is 6.03 Å². The molecule has 1 aromatic carbocycles. The SMILES string of the molecule is O=C(NCc1ccc(OC2CCCC2)cc1)NCc1ccc(-n2ccnc2)nc1. The van der Waals surface area contributed by atoms with Gasteiger partial charge in [-0.1, -0.05) is 18.2 Å². The zero-order valence-corrected chi connectivity index (χ0v) is 16.3. The zero-order valence-electron chi connectivity index (χ0n) is 16.3. The van der Waals surface area contributed by atoms with Crippen LogP contribution in [0.25, 0.3) is 5.82 Å². The Morgan fingerprint density at radius 1 is 1.03 bits per heavy atom. The first-order valence-corrected chi connectivity index (χ1v) is 9.97. The summed E-state index contributed by atoms with van der Waals surface area (Å²) in [4.78, 5) is 20.4. The molecule has 2 aromatic heterocycles. The number of carbonyl (C=O) groups is 1. The van der Waals surface area contributed by atoms with Crippen LogP contribution in [0.5, 0.6) is 5.75 Å². The molecule has 29 heavy (non-hydrogen) atoms. The van der Waals surface area contributed by atoms with Crippen molar-refractivity contribution in [3.05, 3.63) is 72.4 Å². The summed E-state index contributed by atoms with van der Waals surface area (Å²) in [7, 11) is 0. The molecule has 0 bridgehead atoms. The Labute approximate surface area is 170 Å². The Morgan fingerprint density at radius 2 is 1.76 bits per heavy atom. The largest absolute Gasteiger partial charge is 0.490 e. The van der Waals surface area contributed by atoms with Gasteiger partial charge in [-0.2, -0.15) is 0 Å². The lowest BCUT2D eigenvalue weighted by Gasteiger charge is -2.13. The lowest BCUT2D eigenvalue weighted by Crippen LogP contribution is -2.34. The highest BCUT2D eigenvalue weighted by Crippen LogP contribution is 2.24. The van der Waals surface area contributed by atoms with E-state index in [0.29, 0.717) is 19.2 Å². The minimum Gasteiger partial charge on any atom is -0.490 e. The van der Waals surface area contributed by atoms with Crippen molar-refractivity contribution in [3.63, 3.8) is 0 Å². The van der Waals surface area contributed by atoms with Crippen molar-refractivity contribution < 1.29 is 9.53 Å². The van der Waals surface area contributed by atoms with Crippen molar-refractivity contribution in [1.82, 2.24) is 25.2 Å². The van der Waals surface area contributed by atoms with Crippen molar-refractivity contribution in [3.8, 4) is 11.6 Å². The number of pyridine rings is 1. The fourth-order valence-electron chi connectivity index (χ4n) is 3.38. The molecule has 2 N–H and O–H groups in total. The quantitative estimate of drug-likeness (QED) is 0.645. The van der Waals surface area contributed by atoms with Crippen LogP contribution in [-0.4, -0.2) is 26.7 Å². The van der Waals surface area contributed by atoms with Gasteiger partial charge in [0.1, 0.15) is 17.9 Å². The number of imidazole rings is 1. The standard InChI is InChI=1S/C22H25N5O2/c28-22(26-15-18-7-10-21(24-14-18)27-12-11-23-16-27)25-13-17-5-8-20(9-6-17)29-19-3-1-2-4-19/h5-12,14,16,19H,1-4,13,15H2,(H2,25,26,28). The van der Waals surface area contributed by atoms with E-state index < -0.39 is 0 Å². The molecule has 1 fully saturated rings. The summed E-state index contributed by atoms with van der Waals surface area (Å²) < 4.78 is 7.79. The normalized spacial score (nSPS) is 13.9. The summed E-state index contributed by atoms with van der Waals surface area (Å²) in [6, 6.07) is 11.5. The molecule has 7 heteroatoms. The molecule has 0 aliphatic heterocycles. The summed E-state index contributed by atoms with van der Waals surface area (Å²) in [6.07, 6.45) is 12.1. The Hall–Kier alpha value is -3.35. The van der Waals surface area contributed by atoms with Crippen molar-refractivity contribution in [2.75, 3.05) is 0 Å². The van der Waals surface area contributed by atoms with Crippen molar-refractivity contribution in [2.24, 2.45) is 0 Å². The Morgan fingerprint density at radius 3 is 2.41 bits per heavy atom. The van der Waals surface area contributed by atoms with E-state index in [1.807, 2.05) is 47.2 Å². The molecule has 1 aliphatic rings. The number of nitrogens with one attached hydrogen (secondary N) is 2. The van der Waals surface area contributed by atoms with E-state index in [1.54, 1.807) is 18.7 Å². The molecule has 4 rings (SSSR count). The number of benzene rings is 1. The third kappa shape index (κ3) is 5.34. The van der Waals surface area contributed by atoms with Gasteiger partial charge in [-0.05, 0) is 55.0 Å². The van der Waals surface area contributed by atoms with Gasteiger partial charge in [0.05, 0.1) is 6.10 Å². The van der Waals surface area contributed by atoms with Gasteiger partial charge in [0.2, 0.25) is 0 Å². The first-order valence-electron chi connectivity index (χ1n) is 9.97. The van der Waals surface area contributed by atoms with Gasteiger partial charge in [0, 0.05) is 31.7 Å². The summed E-state index contributed by atoms with van der Waals surface area (Å²) in [5, 5.41) is 5.72. The van der Waals surface area contributed by atoms with E-state index in [1.165, 1.54) is 12.8 Å². The number of carbonyl (C=O) groups excluding carboxylic acids is 1. The first-order chi connectivity index (χ1) is 14.3. The highest BCUT2D eigenvalue weighted by atomic mass is 16.5. The molecule has 150 valence electrons. The third-order valence-electron chi connectivity index (χ3n) is 5.01. The predicted molar refractivity (Wildman–Crippen MR) is 110 cm³/mol. The fourth-order valence-corrected chi connectivity index (χ4v) is 3.38. The number of nitrogens with zero attached hydrogens (tertiary/aromatic N) is 3. The number of urea groups is 1. The monoisotopic (exact) mass is 391 g/mol. The minimum absolute atomic E-state index is 0.213. The smallest absolute Gasteiger partial charge is 0.315 e. The average molecular weight is 391 g/mol. The van der Waals surface area contributed by atoms with Gasteiger partial charge in [0.15, 0.2) is 0 Å². The van der Waals surface area contributed by atoms with Crippen LogP contribution in [0.4, 0.5) is 4.79 Å². The first kappa shape index (κ1) is 19.0. The van der Waals surface area contributed by atoms with Crippen LogP contribution in [-0.2, 0) is 13.1 Å². The van der Waals surface area contributed by atoms with Gasteiger partial charge in [-0.3, -0.25) is 4.57 Å². The number of aromatic nitrogens is 3. The fraction of sp³-hybridized carbons (Fsp3) is 0.318. The van der Waals surface area contributed by atoms with Gasteiger partial charge in [-0.25, -0.2) is 14.8 Å². The summed E-state index contributed by atoms with van der Waals surface area (Å²) in [6.45, 7) is 0.880. The molecular weight excluding hydrogens is 366 g/mol. The summed E-state index contributed by atoms with van der Waals surface area (Å²) >= 11 is 0. The summed E-state index contributed by atoms with van der Waals surface area (Å²) in [5.74, 6) is 1.69. The Kier molecular flexibility index (Phi) is 6.04. The van der Waals surface area contributed by atoms with Gasteiger partial charge in [0.25, 0.3) is 0 Å². The highest BCUT2D eigenvalue weighted by Gasteiger charge is 2.16. The van der Waals surface area contributed by atoms with Gasteiger partial charge in [-0.15, -0.1) is 0 Å². The molecule has 2 heterocycles. The lowest BCUT2D eigenvalue weighted by molar-refractivity contribution is 0.210. The molecular formula is C22H25N5O2. The molecule has 1 saturated carbocycles. The third-order valence-corrected chi connectivity index (χ3v) is 5.01. The minimum atomic E-state index is -0.213. The molecule has 1 aliphatic carbocycles. The average Bonchev–Trinajstić information content (AvgIpc) is 3.47. The molecule has 2 amide bonds. The van der Waals surface area contributed by atoms with E-state index in [2.05, 4.69) is 20.6 Å². The van der Waals surface area contributed by atoms with Gasteiger partial charge >= 0.3 is 6.03 Å². The number of amides is 2. The maximum Gasteiger partial charge on any atom is 0.315 e. The second-order valence-electron chi connectivity index (χ2n) is 7.20. The second-order valence-corrected chi connectivity index (χ2v) is 7.20. The predicted octanol–water partition coefficient (Wildman–Crippen LogP) is 3.59. The number of hydrogen-bond acceptors (Lipinski definition) is 4. The summed E-state index contributed by atoms with van der Waals surface area (Å²) in [5.41, 5.74) is 1.96. The van der Waals surface area contributed by atoms with Crippen LogP contribution in [0.3, 0.4) is 0 Å². The van der Waals surface area contributed by atoms with Gasteiger partial charge < -0.3 is 15.4 Å². The number of ether oxygens (including phenoxy) is 1. The van der Waals surface area contributed by atoms with E-state index in [0.717, 1.165) is 35.5 Å². The highest BCUT2D eigenvalue weighted by molar-refractivity contribution is 5.73. The molecule has 3 aromatic rings. The molecule has 0 spiro atoms. The van der Waals surface area contributed by atoms with Crippen molar-refractivity contribution in [2.45, 2.75) is 44.9 Å². The van der Waals surface area contributed by atoms with E-state index >= 15 is 0 Å². The molecule has 0 saturated heterocycles. The molecule has 0 unspecified atom stereocenters. The van der Waals surface area contributed by atoms with Crippen LogP contribution in [0.1, 0.15) is 36.8 Å². The van der Waals surface area contributed by atoms with Crippen LogP contribution >= 0.6 is 0 Å². The zero-order chi connectivity index (χ0) is 19.9. The molecule has 0 radical (unpaired) electrons. The van der Waals surface area contributed by atoms with Crippen LogP contribution < -0.4 is 15.4 Å². The van der Waals surface area contributed by atoms with Crippen LogP contribution in [0.15, 0.2) is 61.3 Å². The topological polar surface area (TPSA) is 81.1 Å². The second kappa shape index (κ2) is 9.23. The molecule has 0 atom stereocenters. The van der Waals surface area contributed by atoms with Crippen LogP contribution in [0, 0.1) is 0 Å². The maximum absolute atomic E-state index is 12.1. The van der Waals surface area contributed by atoms with Crippen molar-refractivity contribution >= 4 is 6.03 Å². The molecule has 7 nitrogen and oxygen atoms in total. The van der Waals surface area contributed by atoms with E-state index in [9.17, 15) is 4.79 Å². The number of rotatable bonds is 7. The maximum atomic E-state index is 12.1. The van der Waals surface area contributed by atoms with Crippen LogP contribution in [0.2, 0.25) is 0 Å². The Bertz CT molecular complexity index is 901. The number of hydrogen-bond donors (Lipinski definition) is 2. The lowest BCUT2D eigenvalue weighted by atomic mass is 10.2. The van der Waals surface area contributed by atoms with Crippen molar-refractivity contribution in [1.29, 1.82) is 0 Å². The van der Waals surface area contributed by atoms with E-state index in [4.69, 9.17) is 4.74 Å². The Balaban J connectivity index is 1.19.